The van der Waals surface area contributed by atoms with Crippen molar-refractivity contribution >= 4 is 110 Å². The summed E-state index contributed by atoms with van der Waals surface area (Å²) in [6, 6.07) is 115. The van der Waals surface area contributed by atoms with Gasteiger partial charge in [0, 0.05) is 104 Å². The van der Waals surface area contributed by atoms with Crippen LogP contribution in [0.2, 0.25) is 0 Å². The molecule has 0 radical (unpaired) electrons. The third-order valence-electron chi connectivity index (χ3n) is 18.8. The number of hydrogen-bond acceptors (Lipinski definition) is 4. The van der Waals surface area contributed by atoms with Gasteiger partial charge in [-0.3, -0.25) is 0 Å². The summed E-state index contributed by atoms with van der Waals surface area (Å²) in [5, 5.41) is 14.7. The van der Waals surface area contributed by atoms with Crippen molar-refractivity contribution in [1.29, 1.82) is 0 Å². The van der Waals surface area contributed by atoms with Crippen LogP contribution in [-0.4, -0.2) is 26.2 Å². The average molecular weight is 1130 g/mol. The summed E-state index contributed by atoms with van der Waals surface area (Å²) in [6.45, 7) is 2.98. The van der Waals surface area contributed by atoms with Gasteiger partial charge in [0.2, 0.25) is 0 Å². The highest BCUT2D eigenvalue weighted by molar-refractivity contribution is 6.37. The molecule has 0 spiro atoms. The lowest BCUT2D eigenvalue weighted by Gasteiger charge is -2.34. The third kappa shape index (κ3) is 8.27. The molecule has 88 heavy (non-hydrogen) atoms. The Morgan fingerprint density at radius 2 is 0.386 bits per heavy atom. The van der Waals surface area contributed by atoms with Gasteiger partial charge in [-0.15, -0.1) is 0 Å². The van der Waals surface area contributed by atoms with Crippen molar-refractivity contribution in [3.63, 3.8) is 0 Å². The van der Waals surface area contributed by atoms with Gasteiger partial charge in [0.1, 0.15) is 0 Å². The van der Waals surface area contributed by atoms with Crippen molar-refractivity contribution < 1.29 is 0 Å². The molecule has 4 heteroatoms. The Balaban J connectivity index is 1.17. The van der Waals surface area contributed by atoms with Gasteiger partial charge < -0.3 is 19.6 Å². The van der Waals surface area contributed by atoms with E-state index in [9.17, 15) is 0 Å². The number of para-hydroxylation sites is 4. The van der Waals surface area contributed by atoms with E-state index in [2.05, 4.69) is 323 Å². The molecule has 0 atom stereocenters. The maximum Gasteiger partial charge on any atom is 0.0497 e. The van der Waals surface area contributed by atoms with Crippen LogP contribution in [0.5, 0.6) is 0 Å². The van der Waals surface area contributed by atoms with Gasteiger partial charge in [-0.2, -0.15) is 0 Å². The Kier molecular flexibility index (Phi) is 12.6. The summed E-state index contributed by atoms with van der Waals surface area (Å²) in [5.74, 6) is 0. The van der Waals surface area contributed by atoms with Gasteiger partial charge in [0.25, 0.3) is 0 Å². The molecular formula is C84H62N4. The van der Waals surface area contributed by atoms with Crippen LogP contribution in [0.15, 0.2) is 303 Å². The van der Waals surface area contributed by atoms with Crippen LogP contribution in [0, 0.1) is 0 Å². The monoisotopic (exact) mass is 1130 g/mol. The van der Waals surface area contributed by atoms with Gasteiger partial charge in [0.15, 0.2) is 0 Å². The molecule has 0 aliphatic carbocycles. The van der Waals surface area contributed by atoms with Crippen LogP contribution in [0.25, 0.3) is 109 Å². The molecule has 0 saturated heterocycles. The second-order valence-corrected chi connectivity index (χ2v) is 23.5. The van der Waals surface area contributed by atoms with Crippen LogP contribution >= 0.6 is 0 Å². The molecule has 418 valence electrons. The number of hydrogen-bond donors (Lipinski definition) is 0. The van der Waals surface area contributed by atoms with E-state index >= 15 is 0 Å². The minimum Gasteiger partial charge on any atom is -0.341 e. The summed E-state index contributed by atoms with van der Waals surface area (Å²) in [5.41, 5.74) is 19.2. The first-order chi connectivity index (χ1) is 43.8. The maximum atomic E-state index is 2.64. The zero-order chi connectivity index (χ0) is 58.1. The molecular weight excluding hydrogens is 1060 g/mol. The first-order valence-electron chi connectivity index (χ1n) is 31.1. The zero-order valence-electron chi connectivity index (χ0n) is 48.9. The fourth-order valence-electron chi connectivity index (χ4n) is 15.2. The van der Waals surface area contributed by atoms with E-state index < -0.39 is 0 Å². The van der Waals surface area contributed by atoms with Crippen molar-refractivity contribution in [3.8, 4) is 44.5 Å². The standard InChI is InChI=1S/C84H62N4/c1-7-29-57(30-8-1)75-67-45-23-49-71-79(67)83-77-63-41-19-21-43-65(63)78(66-44-22-20-42-64(66)77)84-81-69(47-25-51-73(81)87(61-37-15-5-16-38-61)55-27-53-85(71)59-33-11-3-12-34-59)76(58-31-9-2-10-32-58)70-48-26-52-74(82(70)84)88(62-39-17-6-18-40-62)56-28-54-86(60-35-13-4-14-36-60)72-50-24-46-68(75)80(72)83/h1-26,29-52H,27-28,53-56H2. The molecule has 0 saturated carbocycles. The first kappa shape index (κ1) is 51.5. The predicted molar refractivity (Wildman–Crippen MR) is 376 cm³/mol. The van der Waals surface area contributed by atoms with Crippen molar-refractivity contribution in [2.45, 2.75) is 12.8 Å². The van der Waals surface area contributed by atoms with Crippen LogP contribution in [0.4, 0.5) is 45.5 Å². The molecule has 0 aromatic heterocycles. The zero-order valence-corrected chi connectivity index (χ0v) is 48.9. The molecule has 0 fully saturated rings. The molecule has 4 bridgehead atoms. The Morgan fingerprint density at radius 3 is 0.636 bits per heavy atom. The lowest BCUT2D eigenvalue weighted by atomic mass is 9.78. The fraction of sp³-hybridized carbons (Fsp3) is 0.0714. The number of anilines is 8. The van der Waals surface area contributed by atoms with Gasteiger partial charge in [-0.1, -0.05) is 231 Å². The predicted octanol–water partition coefficient (Wildman–Crippen LogP) is 22.6. The Labute approximate surface area is 513 Å². The number of benzene rings is 15. The Hall–Kier alpha value is -10.9. The minimum atomic E-state index is 0.744. The summed E-state index contributed by atoms with van der Waals surface area (Å²) in [6.07, 6.45) is 1.68. The van der Waals surface area contributed by atoms with Gasteiger partial charge >= 0.3 is 0 Å². The SMILES string of the molecule is c1ccc(-c2c3cccc4c3c3c5c(cccc25)N(c2ccccc2)CCCN(c2ccccc2)c2cccc5c(-c6ccccc6)c6cccc(c6c(c25)-c2c5ccccc5c-3c3ccccc23)N(c2ccccc2)CCCN4c2ccccc2)cc1. The number of rotatable bonds is 6. The number of nitrogens with zero attached hydrogens (tertiary/aromatic N) is 4. The lowest BCUT2D eigenvalue weighted by molar-refractivity contribution is 0.799. The van der Waals surface area contributed by atoms with E-state index in [4.69, 9.17) is 0 Å². The average Bonchev–Trinajstić information content (AvgIpc) is 0.889. The van der Waals surface area contributed by atoms with E-state index in [-0.39, 0.29) is 0 Å². The van der Waals surface area contributed by atoms with Crippen molar-refractivity contribution in [2.24, 2.45) is 0 Å². The van der Waals surface area contributed by atoms with Crippen LogP contribution < -0.4 is 19.6 Å². The Morgan fingerprint density at radius 1 is 0.170 bits per heavy atom. The van der Waals surface area contributed by atoms with Crippen LogP contribution in [0.3, 0.4) is 0 Å². The first-order valence-corrected chi connectivity index (χ1v) is 31.1. The highest BCUT2D eigenvalue weighted by Gasteiger charge is 2.33. The second kappa shape index (κ2) is 21.5. The molecule has 19 rings (SSSR count). The smallest absolute Gasteiger partial charge is 0.0497 e. The van der Waals surface area contributed by atoms with E-state index in [1.807, 2.05) is 0 Å². The molecule has 0 unspecified atom stereocenters. The van der Waals surface area contributed by atoms with E-state index in [1.165, 1.54) is 132 Å². The van der Waals surface area contributed by atoms with E-state index in [1.54, 1.807) is 0 Å². The fourth-order valence-corrected chi connectivity index (χ4v) is 15.2. The minimum absolute atomic E-state index is 0.744. The molecule has 0 N–H and O–H groups in total. The maximum absolute atomic E-state index is 2.64. The van der Waals surface area contributed by atoms with Crippen LogP contribution in [-0.2, 0) is 0 Å². The van der Waals surface area contributed by atoms with E-state index in [0.29, 0.717) is 0 Å². The normalized spacial score (nSPS) is 13.5. The summed E-state index contributed by atoms with van der Waals surface area (Å²) >= 11 is 0. The van der Waals surface area contributed by atoms with Crippen molar-refractivity contribution in [3.05, 3.63) is 303 Å². The highest BCUT2D eigenvalue weighted by atomic mass is 15.2. The van der Waals surface area contributed by atoms with Crippen molar-refractivity contribution in [2.75, 3.05) is 45.8 Å². The number of fused-ring (bicyclic) bond motifs is 8. The molecule has 15 aromatic rings. The van der Waals surface area contributed by atoms with Crippen molar-refractivity contribution in [1.82, 2.24) is 0 Å². The molecule has 15 aromatic carbocycles. The molecule has 4 heterocycles. The quantitative estimate of drug-likeness (QED) is 0.154. The highest BCUT2D eigenvalue weighted by Crippen LogP contribution is 2.59. The Bertz CT molecular complexity index is 4550. The summed E-state index contributed by atoms with van der Waals surface area (Å²) < 4.78 is 0. The molecule has 4 nitrogen and oxygen atoms in total. The molecule has 0 amide bonds. The van der Waals surface area contributed by atoms with Gasteiger partial charge in [-0.05, 0) is 162 Å². The topological polar surface area (TPSA) is 13.0 Å². The largest absolute Gasteiger partial charge is 0.341 e. The second-order valence-electron chi connectivity index (χ2n) is 23.5. The summed E-state index contributed by atoms with van der Waals surface area (Å²) in [4.78, 5) is 10.6. The van der Waals surface area contributed by atoms with Gasteiger partial charge in [-0.25, -0.2) is 0 Å². The molecule has 4 aliphatic rings. The molecule has 4 aliphatic heterocycles. The third-order valence-corrected chi connectivity index (χ3v) is 18.8. The van der Waals surface area contributed by atoms with E-state index in [0.717, 1.165) is 61.8 Å². The van der Waals surface area contributed by atoms with Gasteiger partial charge in [0.05, 0.1) is 0 Å². The van der Waals surface area contributed by atoms with Crippen LogP contribution in [0.1, 0.15) is 12.8 Å². The summed E-state index contributed by atoms with van der Waals surface area (Å²) in [7, 11) is 0. The lowest BCUT2D eigenvalue weighted by Crippen LogP contribution is -2.26.